The quantitative estimate of drug-likeness (QED) is 0.219. The molecule has 3 atom stereocenters. The fourth-order valence-corrected chi connectivity index (χ4v) is 6.71. The largest absolute Gasteiger partial charge is 0.480 e. The number of aliphatic carboxylic acids is 1. The summed E-state index contributed by atoms with van der Waals surface area (Å²) in [7, 11) is 2.78. The van der Waals surface area contributed by atoms with E-state index in [2.05, 4.69) is 5.32 Å². The lowest BCUT2D eigenvalue weighted by Gasteiger charge is -2.40. The van der Waals surface area contributed by atoms with Crippen LogP contribution < -0.4 is 11.1 Å². The first-order chi connectivity index (χ1) is 16.3. The average molecular weight is 510 g/mol. The van der Waals surface area contributed by atoms with Crippen molar-refractivity contribution in [3.8, 4) is 0 Å². The van der Waals surface area contributed by atoms with Gasteiger partial charge in [0.2, 0.25) is 5.91 Å². The van der Waals surface area contributed by atoms with E-state index in [0.717, 1.165) is 12.8 Å². The minimum atomic E-state index is -1.15. The number of carbonyl (C=O) groups is 4. The van der Waals surface area contributed by atoms with Crippen molar-refractivity contribution in [3.05, 3.63) is 47.3 Å². The first-order valence-electron chi connectivity index (χ1n) is 11.0. The smallest absolute Gasteiger partial charge is 0.322 e. The molecule has 0 radical (unpaired) electrons. The number of Topliss-reactive ketones (excluding diaryl/α,β-unsaturated/α-hetero) is 1. The molecule has 1 saturated carbocycles. The van der Waals surface area contributed by atoms with Crippen molar-refractivity contribution < 1.29 is 28.7 Å². The number of allylic oxidation sites excluding steroid dienone is 1. The third-order valence-electron chi connectivity index (χ3n) is 5.75. The second kappa shape index (κ2) is 12.5. The molecule has 3 unspecified atom stereocenters. The fourth-order valence-electron chi connectivity index (χ4n) is 3.86. The Labute approximate surface area is 205 Å². The number of aldehydes is 1. The molecule has 2 fully saturated rings. The number of likely N-dealkylation sites (tertiary alicyclic amines) is 1. The number of nitrogens with zero attached hydrogens (tertiary/aromatic N) is 1. The number of halogens is 1. The molecule has 1 aliphatic carbocycles. The van der Waals surface area contributed by atoms with Crippen LogP contribution in [0.4, 0.5) is 4.39 Å². The summed E-state index contributed by atoms with van der Waals surface area (Å²) in [6.07, 6.45) is 4.41. The predicted octanol–water partition coefficient (Wildman–Crippen LogP) is 1.78. The Kier molecular flexibility index (Phi) is 9.69. The molecule has 1 heterocycles. The summed E-state index contributed by atoms with van der Waals surface area (Å²) < 4.78 is 14.3. The summed E-state index contributed by atoms with van der Waals surface area (Å²) in [6.45, 7) is 0.324. The highest BCUT2D eigenvalue weighted by Gasteiger charge is 2.43. The van der Waals surface area contributed by atoms with Crippen molar-refractivity contribution in [1.29, 1.82) is 0 Å². The van der Waals surface area contributed by atoms with Gasteiger partial charge in [-0.3, -0.25) is 24.1 Å². The molecule has 4 N–H and O–H groups in total. The third-order valence-corrected chi connectivity index (χ3v) is 8.64. The molecule has 11 heteroatoms. The highest BCUT2D eigenvalue weighted by Crippen LogP contribution is 2.42. The molecule has 3 rings (SSSR count). The number of carboxylic acids is 1. The van der Waals surface area contributed by atoms with Crippen molar-refractivity contribution >= 4 is 45.5 Å². The van der Waals surface area contributed by atoms with Gasteiger partial charge in [0, 0.05) is 35.6 Å². The van der Waals surface area contributed by atoms with E-state index in [1.54, 1.807) is 18.2 Å². The third kappa shape index (κ3) is 7.14. The van der Waals surface area contributed by atoms with Gasteiger partial charge in [-0.25, -0.2) is 4.39 Å². The van der Waals surface area contributed by atoms with Crippen LogP contribution in [0.2, 0.25) is 0 Å². The molecule has 1 aliphatic heterocycles. The maximum absolute atomic E-state index is 14.3. The lowest BCUT2D eigenvalue weighted by molar-refractivity contribution is -0.138. The maximum Gasteiger partial charge on any atom is 0.322 e. The lowest BCUT2D eigenvalue weighted by atomic mass is 9.89. The van der Waals surface area contributed by atoms with E-state index in [4.69, 9.17) is 10.8 Å². The van der Waals surface area contributed by atoms with Gasteiger partial charge in [0.15, 0.2) is 5.78 Å². The molecule has 34 heavy (non-hydrogen) atoms. The van der Waals surface area contributed by atoms with E-state index in [1.165, 1.54) is 33.7 Å². The number of carboxylic acid groups (broad SMARTS) is 1. The number of amides is 1. The van der Waals surface area contributed by atoms with Crippen LogP contribution in [0.25, 0.3) is 0 Å². The second-order valence-corrected chi connectivity index (χ2v) is 10.9. The van der Waals surface area contributed by atoms with Gasteiger partial charge in [0.1, 0.15) is 18.6 Å². The van der Waals surface area contributed by atoms with Gasteiger partial charge in [-0.05, 0) is 37.0 Å². The minimum Gasteiger partial charge on any atom is -0.480 e. The Hall–Kier alpha value is -2.21. The number of carbonyl (C=O) groups excluding carboxylic acids is 3. The number of benzene rings is 1. The monoisotopic (exact) mass is 509 g/mol. The SMILES string of the molecule is NC(CSSC1CCN(Cc2ccccc2F)C(C(=O)C2CC2)/C1=C/C=O)C(=O)NCC(=O)O. The zero-order chi connectivity index (χ0) is 24.7. The molecular formula is C23H28FN3O5S2. The van der Waals surface area contributed by atoms with Crippen LogP contribution >= 0.6 is 21.6 Å². The topological polar surface area (TPSA) is 130 Å². The van der Waals surface area contributed by atoms with Crippen molar-refractivity contribution in [1.82, 2.24) is 10.2 Å². The van der Waals surface area contributed by atoms with E-state index in [9.17, 15) is 23.6 Å². The van der Waals surface area contributed by atoms with Crippen molar-refractivity contribution in [3.63, 3.8) is 0 Å². The Bertz CT molecular complexity index is 956. The molecule has 2 aliphatic rings. The molecular weight excluding hydrogens is 481 g/mol. The minimum absolute atomic E-state index is 0.0362. The maximum atomic E-state index is 14.3. The van der Waals surface area contributed by atoms with E-state index in [1.807, 2.05) is 4.90 Å². The van der Waals surface area contributed by atoms with Crippen LogP contribution in [0, 0.1) is 11.7 Å². The fraction of sp³-hybridized carbons (Fsp3) is 0.478. The molecule has 184 valence electrons. The van der Waals surface area contributed by atoms with Crippen molar-refractivity contribution in [2.45, 2.75) is 43.1 Å². The number of nitrogens with two attached hydrogens (primary N) is 1. The highest BCUT2D eigenvalue weighted by atomic mass is 33.1. The molecule has 1 amide bonds. The van der Waals surface area contributed by atoms with E-state index in [0.29, 0.717) is 30.4 Å². The van der Waals surface area contributed by atoms with E-state index >= 15 is 0 Å². The molecule has 1 aromatic carbocycles. The van der Waals surface area contributed by atoms with Gasteiger partial charge in [0.25, 0.3) is 0 Å². The van der Waals surface area contributed by atoms with Crippen molar-refractivity contribution in [2.75, 3.05) is 18.8 Å². The van der Waals surface area contributed by atoms with Gasteiger partial charge in [0.05, 0.1) is 12.1 Å². The average Bonchev–Trinajstić information content (AvgIpc) is 3.65. The standard InChI is InChI=1S/C23H28FN3O5S2/c24-17-4-2-1-3-15(17)12-27-9-7-19(16(8-10-28)21(27)22(31)14-5-6-14)34-33-13-18(25)23(32)26-11-20(29)30/h1-4,8,10,14,18-19,21H,5-7,9,11-13,25H2,(H,26,32)(H,29,30)/b16-8+. The highest BCUT2D eigenvalue weighted by molar-refractivity contribution is 8.77. The molecule has 0 spiro atoms. The number of nitrogens with one attached hydrogen (secondary N) is 1. The molecule has 0 bridgehead atoms. The molecule has 8 nitrogen and oxygen atoms in total. The van der Waals surface area contributed by atoms with Gasteiger partial charge >= 0.3 is 5.97 Å². The van der Waals surface area contributed by atoms with Gasteiger partial charge in [-0.2, -0.15) is 0 Å². The summed E-state index contributed by atoms with van der Waals surface area (Å²) in [5, 5.41) is 10.8. The summed E-state index contributed by atoms with van der Waals surface area (Å²) in [5.41, 5.74) is 7.04. The molecule has 1 aromatic rings. The zero-order valence-corrected chi connectivity index (χ0v) is 20.2. The predicted molar refractivity (Wildman–Crippen MR) is 130 cm³/mol. The van der Waals surface area contributed by atoms with Crippen LogP contribution in [-0.4, -0.2) is 70.1 Å². The van der Waals surface area contributed by atoms with Crippen LogP contribution in [-0.2, 0) is 25.7 Å². The Morgan fingerprint density at radius 1 is 1.26 bits per heavy atom. The van der Waals surface area contributed by atoms with E-state index in [-0.39, 0.29) is 35.1 Å². The molecule has 0 aromatic heterocycles. The Morgan fingerprint density at radius 2 is 2.00 bits per heavy atom. The van der Waals surface area contributed by atoms with Crippen molar-refractivity contribution in [2.24, 2.45) is 11.7 Å². The number of piperidine rings is 1. The summed E-state index contributed by atoms with van der Waals surface area (Å²) >= 11 is 0. The van der Waals surface area contributed by atoms with Crippen LogP contribution in [0.15, 0.2) is 35.9 Å². The summed E-state index contributed by atoms with van der Waals surface area (Å²) in [6, 6.07) is 4.98. The number of hydrogen-bond donors (Lipinski definition) is 3. The van der Waals surface area contributed by atoms with Gasteiger partial charge < -0.3 is 16.2 Å². The summed E-state index contributed by atoms with van der Waals surface area (Å²) in [5.74, 6) is -1.78. The van der Waals surface area contributed by atoms with Crippen LogP contribution in [0.5, 0.6) is 0 Å². The zero-order valence-electron chi connectivity index (χ0n) is 18.5. The number of hydrogen-bond acceptors (Lipinski definition) is 8. The molecule has 1 saturated heterocycles. The van der Waals surface area contributed by atoms with Gasteiger partial charge in [-0.15, -0.1) is 0 Å². The number of rotatable bonds is 12. The number of ketones is 1. The lowest BCUT2D eigenvalue weighted by Crippen LogP contribution is -2.50. The normalized spacial score (nSPS) is 22.8. The first-order valence-corrected chi connectivity index (χ1v) is 13.4. The van der Waals surface area contributed by atoms with E-state index < -0.39 is 30.5 Å². The Morgan fingerprint density at radius 3 is 2.65 bits per heavy atom. The second-order valence-electron chi connectivity index (χ2n) is 8.32. The van der Waals surface area contributed by atoms with Gasteiger partial charge in [-0.1, -0.05) is 39.8 Å². The first kappa shape index (κ1) is 26.4. The summed E-state index contributed by atoms with van der Waals surface area (Å²) in [4.78, 5) is 49.2. The Balaban J connectivity index is 1.68. The van der Waals surface area contributed by atoms with Crippen LogP contribution in [0.1, 0.15) is 24.8 Å². The van der Waals surface area contributed by atoms with Crippen LogP contribution in [0.3, 0.4) is 0 Å².